The highest BCUT2D eigenvalue weighted by molar-refractivity contribution is 7.88. The number of piperidine rings is 1. The van der Waals surface area contributed by atoms with Gasteiger partial charge < -0.3 is 10.2 Å². The van der Waals surface area contributed by atoms with Crippen LogP contribution in [0.3, 0.4) is 0 Å². The van der Waals surface area contributed by atoms with Crippen molar-refractivity contribution in [3.8, 4) is 0 Å². The van der Waals surface area contributed by atoms with Gasteiger partial charge in [-0.15, -0.1) is 0 Å². The van der Waals surface area contributed by atoms with Gasteiger partial charge in [0.25, 0.3) is 0 Å². The molecule has 0 atom stereocenters. The second-order valence-corrected chi connectivity index (χ2v) is 10.6. The van der Waals surface area contributed by atoms with Crippen molar-refractivity contribution in [1.29, 1.82) is 0 Å². The van der Waals surface area contributed by atoms with Crippen molar-refractivity contribution in [2.75, 3.05) is 29.9 Å². The van der Waals surface area contributed by atoms with Crippen molar-refractivity contribution in [2.24, 2.45) is 5.92 Å². The Morgan fingerprint density at radius 3 is 2.34 bits per heavy atom. The number of hydrogen-bond donors (Lipinski definition) is 1. The number of carbonyl (C=O) groups is 2. The lowest BCUT2D eigenvalue weighted by Gasteiger charge is -2.30. The Bertz CT molecular complexity index is 1100. The van der Waals surface area contributed by atoms with Crippen LogP contribution in [0.1, 0.15) is 31.2 Å². The number of nitrogens with zero attached hydrogens (tertiary/aromatic N) is 2. The van der Waals surface area contributed by atoms with E-state index in [0.717, 1.165) is 18.7 Å². The monoisotopic (exact) mass is 475 g/mol. The van der Waals surface area contributed by atoms with Crippen molar-refractivity contribution in [3.05, 3.63) is 59.1 Å². The van der Waals surface area contributed by atoms with Crippen LogP contribution < -0.4 is 10.2 Å². The van der Waals surface area contributed by atoms with Crippen molar-refractivity contribution >= 4 is 44.8 Å². The van der Waals surface area contributed by atoms with Gasteiger partial charge in [-0.2, -0.15) is 0 Å². The summed E-state index contributed by atoms with van der Waals surface area (Å²) in [7, 11) is -3.50. The van der Waals surface area contributed by atoms with Crippen LogP contribution >= 0.6 is 11.6 Å². The first-order valence-corrected chi connectivity index (χ1v) is 12.7. The maximum Gasteiger partial charge on any atom is 0.227 e. The molecule has 2 amide bonds. The molecular weight excluding hydrogens is 450 g/mol. The standard InChI is InChI=1S/C23H26ClN3O4S/c24-21-5-2-1-4-18(21)16-32(30,31)26-14-11-17(12-15-26)23(29)25-19-7-9-20(10-8-19)27-13-3-6-22(27)28/h1-2,4-5,7-10,17H,3,6,11-16H2,(H,25,29). The van der Waals surface area contributed by atoms with Gasteiger partial charge in [0.15, 0.2) is 0 Å². The van der Waals surface area contributed by atoms with E-state index in [4.69, 9.17) is 11.6 Å². The lowest BCUT2D eigenvalue weighted by atomic mass is 9.97. The fourth-order valence-corrected chi connectivity index (χ4v) is 6.07. The Kier molecular flexibility index (Phi) is 6.83. The number of nitrogens with one attached hydrogen (secondary N) is 1. The maximum atomic E-state index is 12.8. The van der Waals surface area contributed by atoms with Crippen LogP contribution in [0.4, 0.5) is 11.4 Å². The summed E-state index contributed by atoms with van der Waals surface area (Å²) in [4.78, 5) is 26.3. The fraction of sp³-hybridized carbons (Fsp3) is 0.391. The molecule has 0 aliphatic carbocycles. The molecule has 2 fully saturated rings. The summed E-state index contributed by atoms with van der Waals surface area (Å²) in [6.45, 7) is 1.34. The largest absolute Gasteiger partial charge is 0.326 e. The zero-order valence-corrected chi connectivity index (χ0v) is 19.2. The molecule has 2 heterocycles. The van der Waals surface area contributed by atoms with Crippen LogP contribution in [0, 0.1) is 5.92 Å². The van der Waals surface area contributed by atoms with Gasteiger partial charge in [-0.1, -0.05) is 29.8 Å². The molecule has 2 saturated heterocycles. The van der Waals surface area contributed by atoms with E-state index in [-0.39, 0.29) is 23.5 Å². The van der Waals surface area contributed by atoms with Gasteiger partial charge in [0, 0.05) is 48.4 Å². The summed E-state index contributed by atoms with van der Waals surface area (Å²) in [5.74, 6) is -0.382. The molecule has 0 aromatic heterocycles. The van der Waals surface area contributed by atoms with E-state index in [1.807, 2.05) is 12.1 Å². The Hall–Kier alpha value is -2.42. The van der Waals surface area contributed by atoms with Crippen molar-refractivity contribution in [2.45, 2.75) is 31.4 Å². The number of sulfonamides is 1. The SMILES string of the molecule is O=C(Nc1ccc(N2CCCC2=O)cc1)C1CCN(S(=O)(=O)Cc2ccccc2Cl)CC1. The second-order valence-electron chi connectivity index (χ2n) is 8.21. The second kappa shape index (κ2) is 9.60. The number of hydrogen-bond acceptors (Lipinski definition) is 4. The van der Waals surface area contributed by atoms with E-state index in [1.54, 1.807) is 41.3 Å². The molecule has 0 bridgehead atoms. The molecule has 4 rings (SSSR count). The van der Waals surface area contributed by atoms with Crippen molar-refractivity contribution in [1.82, 2.24) is 4.31 Å². The van der Waals surface area contributed by atoms with E-state index in [2.05, 4.69) is 5.32 Å². The summed E-state index contributed by atoms with van der Waals surface area (Å²) in [6, 6.07) is 14.2. The Labute approximate surface area is 193 Å². The maximum absolute atomic E-state index is 12.8. The van der Waals surface area contributed by atoms with Crippen molar-refractivity contribution in [3.63, 3.8) is 0 Å². The van der Waals surface area contributed by atoms with Gasteiger partial charge in [0.2, 0.25) is 21.8 Å². The normalized spacial score (nSPS) is 18.2. The minimum atomic E-state index is -3.50. The Morgan fingerprint density at radius 2 is 1.72 bits per heavy atom. The number of amides is 2. The number of benzene rings is 2. The van der Waals surface area contributed by atoms with E-state index in [1.165, 1.54) is 4.31 Å². The van der Waals surface area contributed by atoms with Crippen LogP contribution in [-0.4, -0.2) is 44.2 Å². The highest BCUT2D eigenvalue weighted by Gasteiger charge is 2.31. The van der Waals surface area contributed by atoms with Crippen LogP contribution in [0.5, 0.6) is 0 Å². The smallest absolute Gasteiger partial charge is 0.227 e. The number of anilines is 2. The van der Waals surface area contributed by atoms with Gasteiger partial charge in [0.05, 0.1) is 5.75 Å². The predicted octanol–water partition coefficient (Wildman–Crippen LogP) is 3.65. The number of rotatable bonds is 6. The molecule has 2 aliphatic heterocycles. The van der Waals surface area contributed by atoms with Gasteiger partial charge >= 0.3 is 0 Å². The third-order valence-corrected chi connectivity index (χ3v) is 8.23. The molecule has 0 radical (unpaired) electrons. The molecule has 2 aromatic rings. The first-order chi connectivity index (χ1) is 15.3. The third-order valence-electron chi connectivity index (χ3n) is 6.03. The molecule has 0 unspecified atom stereocenters. The molecule has 2 aromatic carbocycles. The quantitative estimate of drug-likeness (QED) is 0.690. The van der Waals surface area contributed by atoms with E-state index in [0.29, 0.717) is 48.6 Å². The summed E-state index contributed by atoms with van der Waals surface area (Å²) < 4.78 is 27.0. The Morgan fingerprint density at radius 1 is 1.03 bits per heavy atom. The Balaban J connectivity index is 1.30. The molecule has 0 spiro atoms. The minimum Gasteiger partial charge on any atom is -0.326 e. The van der Waals surface area contributed by atoms with Crippen LogP contribution in [0.2, 0.25) is 5.02 Å². The minimum absolute atomic E-state index is 0.113. The summed E-state index contributed by atoms with van der Waals surface area (Å²) in [5.41, 5.74) is 2.08. The topological polar surface area (TPSA) is 86.8 Å². The summed E-state index contributed by atoms with van der Waals surface area (Å²) >= 11 is 6.11. The molecule has 1 N–H and O–H groups in total. The zero-order valence-electron chi connectivity index (χ0n) is 17.7. The lowest BCUT2D eigenvalue weighted by molar-refractivity contribution is -0.121. The van der Waals surface area contributed by atoms with Crippen LogP contribution in [-0.2, 0) is 25.4 Å². The molecule has 2 aliphatic rings. The molecule has 9 heteroatoms. The van der Waals surface area contributed by atoms with E-state index in [9.17, 15) is 18.0 Å². The van der Waals surface area contributed by atoms with Gasteiger partial charge in [-0.3, -0.25) is 9.59 Å². The van der Waals surface area contributed by atoms with Crippen molar-refractivity contribution < 1.29 is 18.0 Å². The lowest BCUT2D eigenvalue weighted by Crippen LogP contribution is -2.41. The molecule has 7 nitrogen and oxygen atoms in total. The first kappa shape index (κ1) is 22.8. The van der Waals surface area contributed by atoms with Gasteiger partial charge in [0.1, 0.15) is 0 Å². The zero-order chi connectivity index (χ0) is 22.7. The fourth-order valence-electron chi connectivity index (χ4n) is 4.19. The van der Waals surface area contributed by atoms with E-state index < -0.39 is 10.0 Å². The van der Waals surface area contributed by atoms with E-state index >= 15 is 0 Å². The third kappa shape index (κ3) is 5.14. The average molecular weight is 476 g/mol. The summed E-state index contributed by atoms with van der Waals surface area (Å²) in [5, 5.41) is 3.35. The van der Waals surface area contributed by atoms with Gasteiger partial charge in [-0.05, 0) is 55.2 Å². The molecule has 170 valence electrons. The highest BCUT2D eigenvalue weighted by atomic mass is 35.5. The first-order valence-electron chi connectivity index (χ1n) is 10.8. The number of carbonyl (C=O) groups excluding carboxylic acids is 2. The molecular formula is C23H26ClN3O4S. The average Bonchev–Trinajstić information content (AvgIpc) is 3.22. The molecule has 0 saturated carbocycles. The predicted molar refractivity (Wildman–Crippen MR) is 125 cm³/mol. The van der Waals surface area contributed by atoms with Crippen LogP contribution in [0.15, 0.2) is 48.5 Å². The number of halogens is 1. The van der Waals surface area contributed by atoms with Gasteiger partial charge in [-0.25, -0.2) is 12.7 Å². The summed E-state index contributed by atoms with van der Waals surface area (Å²) in [6.07, 6.45) is 2.37. The van der Waals surface area contributed by atoms with Crippen LogP contribution in [0.25, 0.3) is 0 Å². The highest BCUT2D eigenvalue weighted by Crippen LogP contribution is 2.26. The molecule has 32 heavy (non-hydrogen) atoms.